The Morgan fingerprint density at radius 2 is 1.85 bits per heavy atom. The molecule has 0 saturated heterocycles. The lowest BCUT2D eigenvalue weighted by Gasteiger charge is -2.26. The van der Waals surface area contributed by atoms with Gasteiger partial charge in [0.25, 0.3) is 0 Å². The Hall–Kier alpha value is -0.760. The highest BCUT2D eigenvalue weighted by Gasteiger charge is 2.34. The zero-order valence-electron chi connectivity index (χ0n) is 11.6. The summed E-state index contributed by atoms with van der Waals surface area (Å²) in [6.45, 7) is 0.493. The number of hydrogen-bond acceptors (Lipinski definition) is 5. The van der Waals surface area contributed by atoms with Crippen LogP contribution in [0.2, 0.25) is 0 Å². The Morgan fingerprint density at radius 3 is 2.35 bits per heavy atom. The predicted octanol–water partition coefficient (Wildman–Crippen LogP) is 1.93. The third-order valence-electron chi connectivity index (χ3n) is 3.86. The van der Waals surface area contributed by atoms with Crippen LogP contribution in [-0.2, 0) is 10.0 Å². The molecular weight excluding hydrogens is 294 g/mol. The van der Waals surface area contributed by atoms with Crippen molar-refractivity contribution in [3.8, 4) is 0 Å². The lowest BCUT2D eigenvalue weighted by atomic mass is 10.1. The van der Waals surface area contributed by atoms with E-state index in [0.717, 1.165) is 12.8 Å². The Bertz CT molecular complexity index is 537. The summed E-state index contributed by atoms with van der Waals surface area (Å²) in [6, 6.07) is 6.40. The van der Waals surface area contributed by atoms with Crippen LogP contribution in [-0.4, -0.2) is 26.0 Å². The molecule has 0 atom stereocenters. The molecule has 112 valence electrons. The van der Waals surface area contributed by atoms with E-state index in [2.05, 4.69) is 16.4 Å². The van der Waals surface area contributed by atoms with Crippen LogP contribution in [0.3, 0.4) is 0 Å². The highest BCUT2D eigenvalue weighted by Crippen LogP contribution is 2.39. The lowest BCUT2D eigenvalue weighted by molar-refractivity contribution is 0.551. The molecule has 1 fully saturated rings. The van der Waals surface area contributed by atoms with Crippen molar-refractivity contribution in [1.29, 1.82) is 0 Å². The number of thioether (sulfide) groups is 1. The minimum atomic E-state index is -3.45. The van der Waals surface area contributed by atoms with E-state index in [9.17, 15) is 8.42 Å². The van der Waals surface area contributed by atoms with Gasteiger partial charge in [0, 0.05) is 17.0 Å². The molecule has 1 saturated carbocycles. The van der Waals surface area contributed by atoms with Gasteiger partial charge in [0.2, 0.25) is 10.0 Å². The van der Waals surface area contributed by atoms with Crippen molar-refractivity contribution in [2.24, 2.45) is 5.84 Å². The van der Waals surface area contributed by atoms with Crippen molar-refractivity contribution in [2.45, 2.75) is 35.3 Å². The summed E-state index contributed by atoms with van der Waals surface area (Å²) >= 11 is 1.77. The largest absolute Gasteiger partial charge is 0.324 e. The van der Waals surface area contributed by atoms with Gasteiger partial charge in [-0.1, -0.05) is 12.8 Å². The maximum atomic E-state index is 12.3. The molecule has 0 amide bonds. The highest BCUT2D eigenvalue weighted by molar-refractivity contribution is 8.00. The Balaban J connectivity index is 2.06. The first kappa shape index (κ1) is 15.6. The number of nitrogens with one attached hydrogen (secondary N) is 2. The third-order valence-corrected chi connectivity index (χ3v) is 6.70. The number of nitrogens with two attached hydrogens (primary N) is 1. The minimum absolute atomic E-state index is 0.0613. The quantitative estimate of drug-likeness (QED) is 0.552. The second-order valence-corrected chi connectivity index (χ2v) is 8.13. The molecule has 1 aliphatic rings. The molecule has 0 radical (unpaired) electrons. The smallest absolute Gasteiger partial charge is 0.240 e. The molecule has 1 aromatic rings. The van der Waals surface area contributed by atoms with Crippen LogP contribution in [0.5, 0.6) is 0 Å². The molecule has 0 unspecified atom stereocenters. The van der Waals surface area contributed by atoms with Crippen molar-refractivity contribution >= 4 is 27.5 Å². The van der Waals surface area contributed by atoms with E-state index in [1.165, 1.54) is 12.8 Å². The van der Waals surface area contributed by atoms with Gasteiger partial charge < -0.3 is 5.43 Å². The van der Waals surface area contributed by atoms with E-state index in [1.807, 2.05) is 0 Å². The summed E-state index contributed by atoms with van der Waals surface area (Å²) in [5.74, 6) is 5.27. The van der Waals surface area contributed by atoms with Gasteiger partial charge >= 0.3 is 0 Å². The zero-order valence-corrected chi connectivity index (χ0v) is 13.2. The molecule has 1 aromatic carbocycles. The molecule has 7 heteroatoms. The summed E-state index contributed by atoms with van der Waals surface area (Å²) in [5.41, 5.74) is 3.16. The molecule has 2 rings (SSSR count). The summed E-state index contributed by atoms with van der Waals surface area (Å²) in [7, 11) is -3.45. The van der Waals surface area contributed by atoms with Gasteiger partial charge in [-0.2, -0.15) is 11.8 Å². The fourth-order valence-corrected chi connectivity index (χ4v) is 4.64. The first-order valence-corrected chi connectivity index (χ1v) is 9.34. The summed E-state index contributed by atoms with van der Waals surface area (Å²) in [4.78, 5) is 0.269. The first-order valence-electron chi connectivity index (χ1n) is 6.63. The van der Waals surface area contributed by atoms with E-state index < -0.39 is 10.0 Å². The first-order chi connectivity index (χ1) is 9.51. The Morgan fingerprint density at radius 1 is 1.25 bits per heavy atom. The van der Waals surface area contributed by atoms with Gasteiger partial charge in [-0.05, 0) is 43.4 Å². The maximum Gasteiger partial charge on any atom is 0.240 e. The summed E-state index contributed by atoms with van der Waals surface area (Å²) < 4.78 is 27.4. The van der Waals surface area contributed by atoms with Gasteiger partial charge in [0.15, 0.2) is 0 Å². The van der Waals surface area contributed by atoms with Crippen LogP contribution >= 0.6 is 11.8 Å². The van der Waals surface area contributed by atoms with Crippen molar-refractivity contribution < 1.29 is 8.42 Å². The van der Waals surface area contributed by atoms with E-state index in [1.54, 1.807) is 36.0 Å². The number of benzene rings is 1. The molecule has 0 heterocycles. The molecule has 20 heavy (non-hydrogen) atoms. The van der Waals surface area contributed by atoms with E-state index in [0.29, 0.717) is 12.2 Å². The molecular formula is C13H21N3O2S2. The molecule has 0 bridgehead atoms. The van der Waals surface area contributed by atoms with Gasteiger partial charge in [0.1, 0.15) is 0 Å². The van der Waals surface area contributed by atoms with Crippen molar-refractivity contribution in [1.82, 2.24) is 4.72 Å². The van der Waals surface area contributed by atoms with Crippen molar-refractivity contribution in [2.75, 3.05) is 18.2 Å². The maximum absolute atomic E-state index is 12.3. The van der Waals surface area contributed by atoms with Crippen LogP contribution in [0.4, 0.5) is 5.69 Å². The number of nitrogen functional groups attached to an aromatic ring is 1. The van der Waals surface area contributed by atoms with Crippen molar-refractivity contribution in [3.05, 3.63) is 24.3 Å². The van der Waals surface area contributed by atoms with Gasteiger partial charge in [0.05, 0.1) is 4.90 Å². The molecule has 4 N–H and O–H groups in total. The normalized spacial score (nSPS) is 18.1. The molecule has 0 aromatic heterocycles. The third kappa shape index (κ3) is 3.46. The molecule has 1 aliphatic carbocycles. The topological polar surface area (TPSA) is 84.2 Å². The lowest BCUT2D eigenvalue weighted by Crippen LogP contribution is -2.38. The second-order valence-electron chi connectivity index (χ2n) is 5.09. The van der Waals surface area contributed by atoms with Gasteiger partial charge in [-0.3, -0.25) is 5.84 Å². The number of hydrazine groups is 1. The van der Waals surface area contributed by atoms with E-state index in [-0.39, 0.29) is 9.64 Å². The summed E-state index contributed by atoms with van der Waals surface area (Å²) in [5, 5.41) is 0. The minimum Gasteiger partial charge on any atom is -0.324 e. The standard InChI is InChI=1S/C13H21N3O2S2/c1-19-13(8-2-3-9-13)10-15-20(17,18)12-6-4-11(16-14)5-7-12/h4-7,15-16H,2-3,8-10,14H2,1H3. The molecule has 5 nitrogen and oxygen atoms in total. The monoisotopic (exact) mass is 315 g/mol. The molecule has 0 spiro atoms. The fourth-order valence-electron chi connectivity index (χ4n) is 2.51. The zero-order chi connectivity index (χ0) is 14.6. The number of hydrogen-bond donors (Lipinski definition) is 3. The van der Waals surface area contributed by atoms with Gasteiger partial charge in [-0.25, -0.2) is 13.1 Å². The van der Waals surface area contributed by atoms with Crippen LogP contribution in [0, 0.1) is 0 Å². The average molecular weight is 315 g/mol. The van der Waals surface area contributed by atoms with Crippen LogP contribution in [0.25, 0.3) is 0 Å². The van der Waals surface area contributed by atoms with Crippen LogP contribution in [0.15, 0.2) is 29.2 Å². The Labute approximate surface area is 124 Å². The van der Waals surface area contributed by atoms with Crippen LogP contribution in [0.1, 0.15) is 25.7 Å². The SMILES string of the molecule is CSC1(CNS(=O)(=O)c2ccc(NN)cc2)CCCC1. The number of anilines is 1. The summed E-state index contributed by atoms with van der Waals surface area (Å²) in [6.07, 6.45) is 6.57. The fraction of sp³-hybridized carbons (Fsp3) is 0.538. The molecule has 0 aliphatic heterocycles. The number of rotatable bonds is 6. The number of sulfonamides is 1. The van der Waals surface area contributed by atoms with Crippen molar-refractivity contribution in [3.63, 3.8) is 0 Å². The van der Waals surface area contributed by atoms with Gasteiger partial charge in [-0.15, -0.1) is 0 Å². The van der Waals surface area contributed by atoms with E-state index >= 15 is 0 Å². The predicted molar refractivity (Wildman–Crippen MR) is 84.2 cm³/mol. The van der Waals surface area contributed by atoms with E-state index in [4.69, 9.17) is 5.84 Å². The highest BCUT2D eigenvalue weighted by atomic mass is 32.2. The van der Waals surface area contributed by atoms with Crippen LogP contribution < -0.4 is 16.0 Å². The Kier molecular flexibility index (Phi) is 4.95. The average Bonchev–Trinajstić information content (AvgIpc) is 2.95. The second kappa shape index (κ2) is 6.34.